The summed E-state index contributed by atoms with van der Waals surface area (Å²) in [5.74, 6) is 0.480. The number of rotatable bonds is 5. The van der Waals surface area contributed by atoms with Crippen LogP contribution in [0.5, 0.6) is 0 Å². The molecule has 3 rings (SSSR count). The van der Waals surface area contributed by atoms with Crippen LogP contribution in [-0.2, 0) is 6.42 Å². The molecule has 2 aromatic rings. The molecule has 21 heavy (non-hydrogen) atoms. The second-order valence-corrected chi connectivity index (χ2v) is 6.43. The molecule has 1 aromatic carbocycles. The number of thiophene rings is 1. The fourth-order valence-corrected chi connectivity index (χ4v) is 3.64. The number of carbonyl (C=O) groups is 2. The zero-order valence-electron chi connectivity index (χ0n) is 12.1. The van der Waals surface area contributed by atoms with Gasteiger partial charge in [-0.3, -0.25) is 9.59 Å². The third-order valence-corrected chi connectivity index (χ3v) is 4.97. The van der Waals surface area contributed by atoms with Crippen LogP contribution in [0.15, 0.2) is 29.6 Å². The van der Waals surface area contributed by atoms with E-state index < -0.39 is 0 Å². The van der Waals surface area contributed by atoms with Crippen molar-refractivity contribution >= 4 is 22.9 Å². The van der Waals surface area contributed by atoms with E-state index in [4.69, 9.17) is 0 Å². The van der Waals surface area contributed by atoms with E-state index in [2.05, 4.69) is 13.0 Å². The minimum absolute atomic E-state index is 0.232. The lowest BCUT2D eigenvalue weighted by Gasteiger charge is -2.01. The molecular weight excluding hydrogens is 280 g/mol. The van der Waals surface area contributed by atoms with E-state index >= 15 is 0 Å². The number of Topliss-reactive ketones (excluding diaryl/α,β-unsaturated/α-hetero) is 2. The average Bonchev–Trinajstić information content (AvgIpc) is 3.12. The summed E-state index contributed by atoms with van der Waals surface area (Å²) in [6.45, 7) is 2.10. The first-order valence-electron chi connectivity index (χ1n) is 7.47. The Kier molecular flexibility index (Phi) is 4.02. The Bertz CT molecular complexity index is 697. The summed E-state index contributed by atoms with van der Waals surface area (Å²) < 4.78 is 0. The van der Waals surface area contributed by atoms with Crippen LogP contribution in [0.25, 0.3) is 10.4 Å². The number of unbranched alkanes of at least 4 members (excludes halogenated alkanes) is 1. The predicted octanol–water partition coefficient (Wildman–Crippen LogP) is 4.92. The van der Waals surface area contributed by atoms with Crippen LogP contribution < -0.4 is 0 Å². The number of fused-ring (bicyclic) bond motifs is 1. The first-order chi connectivity index (χ1) is 10.2. The highest BCUT2D eigenvalue weighted by Crippen LogP contribution is 2.32. The fraction of sp³-hybridized carbons (Fsp3) is 0.333. The summed E-state index contributed by atoms with van der Waals surface area (Å²) in [5, 5.41) is 1.95. The molecule has 3 heteroatoms. The smallest absolute Gasteiger partial charge is 0.163 e. The molecule has 2 nitrogen and oxygen atoms in total. The van der Waals surface area contributed by atoms with E-state index in [-0.39, 0.29) is 11.6 Å². The van der Waals surface area contributed by atoms with E-state index in [0.717, 1.165) is 46.4 Å². The second kappa shape index (κ2) is 5.94. The molecule has 0 N–H and O–H groups in total. The van der Waals surface area contributed by atoms with E-state index in [9.17, 15) is 9.59 Å². The summed E-state index contributed by atoms with van der Waals surface area (Å²) in [6.07, 6.45) is 4.09. The highest BCUT2D eigenvalue weighted by atomic mass is 32.1. The number of carbonyl (C=O) groups excluding carboxylic acids is 2. The number of hydrogen-bond donors (Lipinski definition) is 0. The van der Waals surface area contributed by atoms with Gasteiger partial charge in [-0.2, -0.15) is 0 Å². The van der Waals surface area contributed by atoms with Gasteiger partial charge in [0.25, 0.3) is 0 Å². The van der Waals surface area contributed by atoms with Crippen molar-refractivity contribution in [1.29, 1.82) is 0 Å². The molecule has 0 saturated heterocycles. The monoisotopic (exact) mass is 298 g/mol. The summed E-state index contributed by atoms with van der Waals surface area (Å²) in [7, 11) is 0. The molecule has 0 atom stereocenters. The zero-order valence-corrected chi connectivity index (χ0v) is 13.0. The number of aryl methyl sites for hydroxylation is 1. The Morgan fingerprint density at radius 1 is 1.24 bits per heavy atom. The summed E-state index contributed by atoms with van der Waals surface area (Å²) in [5.41, 5.74) is 3.95. The van der Waals surface area contributed by atoms with E-state index in [0.29, 0.717) is 12.8 Å². The van der Waals surface area contributed by atoms with Crippen molar-refractivity contribution in [2.45, 2.75) is 39.0 Å². The van der Waals surface area contributed by atoms with Crippen molar-refractivity contribution in [3.8, 4) is 10.4 Å². The molecule has 0 bridgehead atoms. The van der Waals surface area contributed by atoms with Gasteiger partial charge in [0.15, 0.2) is 11.6 Å². The predicted molar refractivity (Wildman–Crippen MR) is 86.3 cm³/mol. The molecule has 0 aliphatic heterocycles. The van der Waals surface area contributed by atoms with Gasteiger partial charge in [-0.15, -0.1) is 11.3 Å². The van der Waals surface area contributed by atoms with Gasteiger partial charge in [-0.1, -0.05) is 25.5 Å². The van der Waals surface area contributed by atoms with Crippen LogP contribution in [0, 0.1) is 0 Å². The van der Waals surface area contributed by atoms with E-state index in [1.54, 1.807) is 11.3 Å². The maximum Gasteiger partial charge on any atom is 0.163 e. The van der Waals surface area contributed by atoms with Gasteiger partial charge in [0.05, 0.1) is 0 Å². The minimum atomic E-state index is 0.232. The van der Waals surface area contributed by atoms with Crippen molar-refractivity contribution in [1.82, 2.24) is 0 Å². The van der Waals surface area contributed by atoms with Gasteiger partial charge < -0.3 is 0 Å². The molecule has 0 radical (unpaired) electrons. The Morgan fingerprint density at radius 2 is 2.10 bits per heavy atom. The first-order valence-corrected chi connectivity index (χ1v) is 8.35. The van der Waals surface area contributed by atoms with Crippen LogP contribution in [0.2, 0.25) is 0 Å². The standard InChI is InChI=1S/C18H18O2S/c1-2-3-4-16(19)14-10-18(21-11-14)13-5-7-15-12(9-13)6-8-17(15)20/h5,7,9-11H,2-4,6,8H2,1H3. The topological polar surface area (TPSA) is 34.1 Å². The van der Waals surface area contributed by atoms with E-state index in [1.807, 2.05) is 23.6 Å². The number of ketones is 2. The normalized spacial score (nSPS) is 13.5. The largest absolute Gasteiger partial charge is 0.294 e. The molecule has 108 valence electrons. The average molecular weight is 298 g/mol. The Hall–Kier alpha value is -1.74. The lowest BCUT2D eigenvalue weighted by atomic mass is 10.0. The van der Waals surface area contributed by atoms with Crippen molar-refractivity contribution < 1.29 is 9.59 Å². The van der Waals surface area contributed by atoms with E-state index in [1.165, 1.54) is 0 Å². The SMILES string of the molecule is CCCCC(=O)c1csc(-c2ccc3c(c2)CCC3=O)c1. The molecule has 1 aromatic heterocycles. The molecule has 0 fully saturated rings. The zero-order chi connectivity index (χ0) is 14.8. The highest BCUT2D eigenvalue weighted by Gasteiger charge is 2.20. The number of hydrogen-bond acceptors (Lipinski definition) is 3. The van der Waals surface area contributed by atoms with Crippen molar-refractivity contribution in [3.63, 3.8) is 0 Å². The number of benzene rings is 1. The second-order valence-electron chi connectivity index (χ2n) is 5.52. The highest BCUT2D eigenvalue weighted by molar-refractivity contribution is 7.13. The third-order valence-electron chi connectivity index (χ3n) is 3.99. The molecule has 0 unspecified atom stereocenters. The quantitative estimate of drug-likeness (QED) is 0.734. The first kappa shape index (κ1) is 14.2. The molecule has 0 spiro atoms. The van der Waals surface area contributed by atoms with Gasteiger partial charge in [0.1, 0.15) is 0 Å². The molecule has 1 heterocycles. The van der Waals surface area contributed by atoms with Crippen molar-refractivity contribution in [2.24, 2.45) is 0 Å². The Balaban J connectivity index is 1.84. The van der Waals surface area contributed by atoms with Crippen molar-refractivity contribution in [2.75, 3.05) is 0 Å². The Labute approximate surface area is 128 Å². The van der Waals surface area contributed by atoms with Gasteiger partial charge in [-0.25, -0.2) is 0 Å². The molecular formula is C18H18O2S. The van der Waals surface area contributed by atoms with Gasteiger partial charge in [-0.05, 0) is 36.1 Å². The van der Waals surface area contributed by atoms with Crippen LogP contribution in [0.1, 0.15) is 58.9 Å². The van der Waals surface area contributed by atoms with Gasteiger partial charge in [0, 0.05) is 34.2 Å². The van der Waals surface area contributed by atoms with Crippen LogP contribution in [0.3, 0.4) is 0 Å². The minimum Gasteiger partial charge on any atom is -0.294 e. The lowest BCUT2D eigenvalue weighted by Crippen LogP contribution is -1.95. The summed E-state index contributed by atoms with van der Waals surface area (Å²) in [4.78, 5) is 24.8. The van der Waals surface area contributed by atoms with Crippen LogP contribution >= 0.6 is 11.3 Å². The third kappa shape index (κ3) is 2.84. The summed E-state index contributed by atoms with van der Waals surface area (Å²) >= 11 is 1.60. The maximum absolute atomic E-state index is 12.0. The Morgan fingerprint density at radius 3 is 2.90 bits per heavy atom. The maximum atomic E-state index is 12.0. The molecule has 1 aliphatic rings. The molecule has 0 amide bonds. The van der Waals surface area contributed by atoms with Crippen LogP contribution in [0.4, 0.5) is 0 Å². The summed E-state index contributed by atoms with van der Waals surface area (Å²) in [6, 6.07) is 8.01. The van der Waals surface area contributed by atoms with Crippen molar-refractivity contribution in [3.05, 3.63) is 46.3 Å². The van der Waals surface area contributed by atoms with Gasteiger partial charge in [0.2, 0.25) is 0 Å². The lowest BCUT2D eigenvalue weighted by molar-refractivity contribution is 0.0976. The molecule has 1 aliphatic carbocycles. The van der Waals surface area contributed by atoms with Gasteiger partial charge >= 0.3 is 0 Å². The fourth-order valence-electron chi connectivity index (χ4n) is 2.72. The van der Waals surface area contributed by atoms with Crippen LogP contribution in [-0.4, -0.2) is 11.6 Å². The molecule has 0 saturated carbocycles.